The monoisotopic (exact) mass is 191 g/mol. The van der Waals surface area contributed by atoms with Crippen LogP contribution in [0.15, 0.2) is 42.7 Å². The molecule has 2 aromatic carbocycles. The Hall–Kier alpha value is -0.830. The van der Waals surface area contributed by atoms with Gasteiger partial charge in [0.25, 0.3) is 0 Å². The van der Waals surface area contributed by atoms with Crippen molar-refractivity contribution in [3.63, 3.8) is 0 Å². The van der Waals surface area contributed by atoms with E-state index in [1.54, 1.807) is 6.33 Å². The second-order valence-electron chi connectivity index (χ2n) is 3.09. The molecule has 0 aliphatic carbocycles. The molecule has 0 fully saturated rings. The van der Waals surface area contributed by atoms with Crippen LogP contribution in [0.25, 0.3) is 21.8 Å². The molecule has 0 saturated carbocycles. The van der Waals surface area contributed by atoms with Gasteiger partial charge < -0.3 is 4.98 Å². The van der Waals surface area contributed by atoms with E-state index in [1.807, 2.05) is 12.1 Å². The first-order valence-corrected chi connectivity index (χ1v) is 4.26. The summed E-state index contributed by atoms with van der Waals surface area (Å²) in [6.45, 7) is 0. The average Bonchev–Trinajstić information content (AvgIpc) is 2.65. The van der Waals surface area contributed by atoms with Gasteiger partial charge in [-0.05, 0) is 11.5 Å². The molecule has 3 heteroatoms. The molecule has 0 bridgehead atoms. The number of imidazole rings is 1. The van der Waals surface area contributed by atoms with Gasteiger partial charge in [-0.15, -0.1) is 0 Å². The number of benzene rings is 2. The molecule has 3 rings (SSSR count). The van der Waals surface area contributed by atoms with E-state index in [1.165, 1.54) is 10.8 Å². The van der Waals surface area contributed by atoms with Crippen molar-refractivity contribution >= 4 is 51.4 Å². The Kier molecular flexibility index (Phi) is 2.59. The third-order valence-electron chi connectivity index (χ3n) is 2.31. The van der Waals surface area contributed by atoms with Gasteiger partial charge in [-0.1, -0.05) is 30.3 Å². The minimum atomic E-state index is 0. The fraction of sp³-hybridized carbons (Fsp3) is 0. The quantitative estimate of drug-likeness (QED) is 0.543. The van der Waals surface area contributed by atoms with Crippen LogP contribution in [0.2, 0.25) is 0 Å². The van der Waals surface area contributed by atoms with Crippen LogP contribution in [0, 0.1) is 0 Å². The van der Waals surface area contributed by atoms with Crippen LogP contribution in [0.4, 0.5) is 0 Å². The van der Waals surface area contributed by atoms with Crippen LogP contribution in [0.1, 0.15) is 0 Å². The van der Waals surface area contributed by atoms with Crippen molar-refractivity contribution in [3.05, 3.63) is 42.7 Å². The molecule has 1 radical (unpaired) electrons. The third-order valence-corrected chi connectivity index (χ3v) is 2.31. The van der Waals surface area contributed by atoms with Crippen molar-refractivity contribution in [2.75, 3.05) is 0 Å². The Morgan fingerprint density at radius 3 is 2.79 bits per heavy atom. The molecule has 0 aliphatic heterocycles. The van der Waals surface area contributed by atoms with Crippen LogP contribution in [-0.4, -0.2) is 39.5 Å². The van der Waals surface area contributed by atoms with Crippen molar-refractivity contribution in [2.24, 2.45) is 0 Å². The maximum absolute atomic E-state index is 4.29. The van der Waals surface area contributed by atoms with Crippen molar-refractivity contribution in [2.45, 2.75) is 0 Å². The largest absolute Gasteiger partial charge is 0.345 e. The van der Waals surface area contributed by atoms with Gasteiger partial charge >= 0.3 is 0 Å². The number of fused-ring (bicyclic) bond motifs is 3. The fourth-order valence-corrected chi connectivity index (χ4v) is 1.68. The molecule has 0 saturated heterocycles. The molecule has 1 heterocycles. The number of aromatic nitrogens is 2. The fourth-order valence-electron chi connectivity index (χ4n) is 1.68. The summed E-state index contributed by atoms with van der Waals surface area (Å²) < 4.78 is 0. The summed E-state index contributed by atoms with van der Waals surface area (Å²) in [7, 11) is 0. The van der Waals surface area contributed by atoms with Crippen molar-refractivity contribution in [1.29, 1.82) is 0 Å². The minimum absolute atomic E-state index is 0. The topological polar surface area (TPSA) is 28.7 Å². The van der Waals surface area contributed by atoms with E-state index in [2.05, 4.69) is 34.2 Å². The summed E-state index contributed by atoms with van der Waals surface area (Å²) >= 11 is 0. The third kappa shape index (κ3) is 1.36. The van der Waals surface area contributed by atoms with Crippen LogP contribution in [0.5, 0.6) is 0 Å². The van der Waals surface area contributed by atoms with E-state index in [-0.39, 0.29) is 29.6 Å². The summed E-state index contributed by atoms with van der Waals surface area (Å²) in [5.41, 5.74) is 2.15. The number of nitrogens with zero attached hydrogens (tertiary/aromatic N) is 1. The maximum atomic E-state index is 4.29. The summed E-state index contributed by atoms with van der Waals surface area (Å²) in [6.07, 6.45) is 1.73. The first-order chi connectivity index (χ1) is 6.45. The predicted molar refractivity (Wildman–Crippen MR) is 59.4 cm³/mol. The zero-order valence-corrected chi connectivity index (χ0v) is 9.99. The molecule has 3 aromatic rings. The molecule has 0 unspecified atom stereocenters. The molecule has 0 amide bonds. The summed E-state index contributed by atoms with van der Waals surface area (Å²) in [5, 5.41) is 2.45. The summed E-state index contributed by atoms with van der Waals surface area (Å²) in [6, 6.07) is 12.4. The molecule has 0 aliphatic rings. The molecule has 1 aromatic heterocycles. The first-order valence-electron chi connectivity index (χ1n) is 4.26. The van der Waals surface area contributed by atoms with E-state index >= 15 is 0 Å². The summed E-state index contributed by atoms with van der Waals surface area (Å²) in [5.74, 6) is 0. The second-order valence-corrected chi connectivity index (χ2v) is 3.09. The van der Waals surface area contributed by atoms with Crippen LogP contribution in [-0.2, 0) is 0 Å². The standard InChI is InChI=1S/C11H8N2.Na/c1-2-4-9-8(3-1)5-6-10-11(9)13-7-12-10;/h1-7H,(H,12,13);. The molecule has 63 valence electrons. The van der Waals surface area contributed by atoms with Gasteiger partial charge in [-0.25, -0.2) is 4.98 Å². The maximum Gasteiger partial charge on any atom is 0.0960 e. The molecule has 1 N–H and O–H groups in total. The van der Waals surface area contributed by atoms with Gasteiger partial charge in [0.2, 0.25) is 0 Å². The van der Waals surface area contributed by atoms with Gasteiger partial charge in [-0.3, -0.25) is 0 Å². The predicted octanol–water partition coefficient (Wildman–Crippen LogP) is 2.34. The van der Waals surface area contributed by atoms with E-state index in [4.69, 9.17) is 0 Å². The van der Waals surface area contributed by atoms with E-state index in [0.29, 0.717) is 0 Å². The molecule has 0 atom stereocenters. The van der Waals surface area contributed by atoms with E-state index in [0.717, 1.165) is 11.0 Å². The first kappa shape index (κ1) is 9.71. The van der Waals surface area contributed by atoms with Crippen molar-refractivity contribution < 1.29 is 0 Å². The van der Waals surface area contributed by atoms with E-state index in [9.17, 15) is 0 Å². The van der Waals surface area contributed by atoms with Crippen molar-refractivity contribution in [1.82, 2.24) is 9.97 Å². The normalized spacial score (nSPS) is 10.3. The Bertz CT molecular complexity index is 571. The number of hydrogen-bond acceptors (Lipinski definition) is 1. The summed E-state index contributed by atoms with van der Waals surface area (Å²) in [4.78, 5) is 7.39. The van der Waals surface area contributed by atoms with Gasteiger partial charge in [0.1, 0.15) is 0 Å². The molecular formula is C11H8N2Na. The van der Waals surface area contributed by atoms with E-state index < -0.39 is 0 Å². The van der Waals surface area contributed by atoms with Gasteiger partial charge in [-0.2, -0.15) is 0 Å². The number of hydrogen-bond donors (Lipinski definition) is 1. The van der Waals surface area contributed by atoms with Gasteiger partial charge in [0.15, 0.2) is 0 Å². The smallest absolute Gasteiger partial charge is 0.0960 e. The van der Waals surface area contributed by atoms with Crippen LogP contribution < -0.4 is 0 Å². The molecular weight excluding hydrogens is 183 g/mol. The van der Waals surface area contributed by atoms with Gasteiger partial charge in [0.05, 0.1) is 17.4 Å². The van der Waals surface area contributed by atoms with Crippen LogP contribution in [0.3, 0.4) is 0 Å². The molecule has 2 nitrogen and oxygen atoms in total. The minimum Gasteiger partial charge on any atom is -0.345 e. The number of H-pyrrole nitrogens is 1. The number of aromatic amines is 1. The molecule has 14 heavy (non-hydrogen) atoms. The Labute approximate surface area is 104 Å². The second kappa shape index (κ2) is 3.73. The Morgan fingerprint density at radius 2 is 1.86 bits per heavy atom. The number of nitrogens with one attached hydrogen (secondary N) is 1. The van der Waals surface area contributed by atoms with Crippen LogP contribution >= 0.6 is 0 Å². The zero-order chi connectivity index (χ0) is 8.67. The Morgan fingerprint density at radius 1 is 1.00 bits per heavy atom. The van der Waals surface area contributed by atoms with Crippen molar-refractivity contribution in [3.8, 4) is 0 Å². The number of rotatable bonds is 0. The Balaban J connectivity index is 0.000000750. The SMILES string of the molecule is [Na].c1ccc2c(c1)ccc1[nH]cnc12. The average molecular weight is 191 g/mol. The molecule has 0 spiro atoms. The van der Waals surface area contributed by atoms with Gasteiger partial charge in [0, 0.05) is 34.9 Å². The zero-order valence-electron chi connectivity index (χ0n) is 7.99.